The highest BCUT2D eigenvalue weighted by atomic mass is 19.1. The largest absolute Gasteiger partial charge is 0.396 e. The molecule has 1 atom stereocenters. The van der Waals surface area contributed by atoms with E-state index >= 15 is 0 Å². The monoisotopic (exact) mass is 270 g/mol. The molecular weight excluding hydrogens is 251 g/mol. The number of nitrogens with one attached hydrogen (secondary N) is 1. The highest BCUT2D eigenvalue weighted by Gasteiger charge is 2.11. The van der Waals surface area contributed by atoms with Crippen LogP contribution in [0.3, 0.4) is 0 Å². The van der Waals surface area contributed by atoms with Crippen molar-refractivity contribution in [1.29, 1.82) is 5.41 Å². The summed E-state index contributed by atoms with van der Waals surface area (Å²) in [6.45, 7) is 2.00. The van der Waals surface area contributed by atoms with Crippen LogP contribution in [0.25, 0.3) is 0 Å². The molecule has 0 heterocycles. The van der Waals surface area contributed by atoms with Crippen molar-refractivity contribution in [2.24, 2.45) is 0 Å². The fourth-order valence-corrected chi connectivity index (χ4v) is 2.25. The Hall–Kier alpha value is -2.16. The first-order valence-corrected chi connectivity index (χ1v) is 6.71. The Kier molecular flexibility index (Phi) is 4.51. The minimum atomic E-state index is -0.385. The molecule has 1 unspecified atom stereocenters. The molecule has 2 aromatic rings. The maximum atomic E-state index is 13.4. The Bertz CT molecular complexity index is 593. The van der Waals surface area contributed by atoms with Crippen LogP contribution < -0.4 is 5.73 Å². The topological polar surface area (TPSA) is 49.9 Å². The molecule has 20 heavy (non-hydrogen) atoms. The van der Waals surface area contributed by atoms with Crippen LogP contribution >= 0.6 is 0 Å². The van der Waals surface area contributed by atoms with Gasteiger partial charge in [0.2, 0.25) is 0 Å². The summed E-state index contributed by atoms with van der Waals surface area (Å²) in [4.78, 5) is 0. The van der Waals surface area contributed by atoms with Crippen LogP contribution in [0.1, 0.15) is 30.4 Å². The highest BCUT2D eigenvalue weighted by Crippen LogP contribution is 2.23. The molecule has 0 amide bonds. The summed E-state index contributed by atoms with van der Waals surface area (Å²) in [6.07, 6.45) is 1.26. The Labute approximate surface area is 119 Å². The summed E-state index contributed by atoms with van der Waals surface area (Å²) < 4.78 is 13.4. The van der Waals surface area contributed by atoms with Gasteiger partial charge in [-0.1, -0.05) is 43.3 Å². The van der Waals surface area contributed by atoms with Crippen molar-refractivity contribution in [3.63, 3.8) is 0 Å². The summed E-state index contributed by atoms with van der Waals surface area (Å²) in [5, 5.41) is 8.08. The third-order valence-corrected chi connectivity index (χ3v) is 3.41. The van der Waals surface area contributed by atoms with E-state index in [0.29, 0.717) is 18.6 Å². The molecular formula is C17H19FN2. The van der Waals surface area contributed by atoms with Crippen LogP contribution in [-0.2, 0) is 6.42 Å². The summed E-state index contributed by atoms with van der Waals surface area (Å²) >= 11 is 0. The maximum absolute atomic E-state index is 13.4. The van der Waals surface area contributed by atoms with Crippen molar-refractivity contribution in [3.8, 4) is 0 Å². The van der Waals surface area contributed by atoms with Gasteiger partial charge in [-0.25, -0.2) is 4.39 Å². The first kappa shape index (κ1) is 14.3. The summed E-state index contributed by atoms with van der Waals surface area (Å²) in [7, 11) is 0. The van der Waals surface area contributed by atoms with Crippen LogP contribution in [0.4, 0.5) is 10.1 Å². The standard InChI is InChI=1S/C17H19FN2/c1-12(14-7-8-17(20)16(18)11-14)9-15(19)10-13-5-3-2-4-6-13/h2-8,11-12,19H,9-10,20H2,1H3. The lowest BCUT2D eigenvalue weighted by molar-refractivity contribution is 0.626. The zero-order chi connectivity index (χ0) is 14.5. The molecule has 3 heteroatoms. The van der Waals surface area contributed by atoms with E-state index in [9.17, 15) is 4.39 Å². The smallest absolute Gasteiger partial charge is 0.146 e. The lowest BCUT2D eigenvalue weighted by Gasteiger charge is -2.13. The van der Waals surface area contributed by atoms with E-state index < -0.39 is 0 Å². The highest BCUT2D eigenvalue weighted by molar-refractivity contribution is 5.84. The molecule has 2 nitrogen and oxygen atoms in total. The Morgan fingerprint density at radius 3 is 2.55 bits per heavy atom. The van der Waals surface area contributed by atoms with E-state index in [0.717, 1.165) is 11.1 Å². The molecule has 0 saturated heterocycles. The molecule has 0 aromatic heterocycles. The van der Waals surface area contributed by atoms with E-state index in [1.807, 2.05) is 43.3 Å². The van der Waals surface area contributed by atoms with Gasteiger partial charge in [-0.2, -0.15) is 0 Å². The molecule has 0 aliphatic heterocycles. The molecule has 0 spiro atoms. The van der Waals surface area contributed by atoms with Crippen molar-refractivity contribution in [2.75, 3.05) is 5.73 Å². The van der Waals surface area contributed by atoms with E-state index in [4.69, 9.17) is 11.1 Å². The Morgan fingerprint density at radius 2 is 1.90 bits per heavy atom. The van der Waals surface area contributed by atoms with Crippen molar-refractivity contribution in [1.82, 2.24) is 0 Å². The fraction of sp³-hybridized carbons (Fsp3) is 0.235. The first-order chi connectivity index (χ1) is 9.56. The van der Waals surface area contributed by atoms with Crippen molar-refractivity contribution < 1.29 is 4.39 Å². The molecule has 2 rings (SSSR count). The number of nitrogens with two attached hydrogens (primary N) is 1. The van der Waals surface area contributed by atoms with Gasteiger partial charge < -0.3 is 11.1 Å². The van der Waals surface area contributed by atoms with Gasteiger partial charge in [-0.15, -0.1) is 0 Å². The van der Waals surface area contributed by atoms with Gasteiger partial charge in [0.25, 0.3) is 0 Å². The number of halogens is 1. The van der Waals surface area contributed by atoms with Crippen LogP contribution in [0, 0.1) is 11.2 Å². The quantitative estimate of drug-likeness (QED) is 0.622. The summed E-state index contributed by atoms with van der Waals surface area (Å²) in [5.41, 5.74) is 8.31. The average molecular weight is 270 g/mol. The van der Waals surface area contributed by atoms with E-state index in [2.05, 4.69) is 0 Å². The van der Waals surface area contributed by atoms with E-state index in [1.165, 1.54) is 6.07 Å². The van der Waals surface area contributed by atoms with Gasteiger partial charge in [-0.05, 0) is 35.6 Å². The number of benzene rings is 2. The van der Waals surface area contributed by atoms with Gasteiger partial charge in [0, 0.05) is 12.1 Å². The second-order valence-corrected chi connectivity index (χ2v) is 5.15. The lowest BCUT2D eigenvalue weighted by atomic mass is 9.93. The van der Waals surface area contributed by atoms with Crippen LogP contribution in [0.15, 0.2) is 48.5 Å². The van der Waals surface area contributed by atoms with E-state index in [1.54, 1.807) is 6.07 Å². The van der Waals surface area contributed by atoms with Crippen molar-refractivity contribution in [3.05, 3.63) is 65.5 Å². The normalized spacial score (nSPS) is 12.1. The summed E-state index contributed by atoms with van der Waals surface area (Å²) in [6, 6.07) is 14.8. The third kappa shape index (κ3) is 3.67. The minimum absolute atomic E-state index is 0.112. The predicted octanol–water partition coefficient (Wildman–Crippen LogP) is 4.16. The third-order valence-electron chi connectivity index (χ3n) is 3.41. The number of nitrogen functional groups attached to an aromatic ring is 1. The maximum Gasteiger partial charge on any atom is 0.146 e. The van der Waals surface area contributed by atoms with Gasteiger partial charge >= 0.3 is 0 Å². The molecule has 0 fully saturated rings. The second-order valence-electron chi connectivity index (χ2n) is 5.15. The number of hydrogen-bond acceptors (Lipinski definition) is 2. The molecule has 0 aliphatic carbocycles. The molecule has 0 aliphatic rings. The first-order valence-electron chi connectivity index (χ1n) is 6.71. The second kappa shape index (κ2) is 6.33. The van der Waals surface area contributed by atoms with E-state index in [-0.39, 0.29) is 17.4 Å². The Morgan fingerprint density at radius 1 is 1.20 bits per heavy atom. The van der Waals surface area contributed by atoms with Crippen LogP contribution in [-0.4, -0.2) is 5.71 Å². The van der Waals surface area contributed by atoms with Gasteiger partial charge in [0.1, 0.15) is 5.82 Å². The lowest BCUT2D eigenvalue weighted by Crippen LogP contribution is -2.07. The van der Waals surface area contributed by atoms with Crippen molar-refractivity contribution >= 4 is 11.4 Å². The van der Waals surface area contributed by atoms with Gasteiger partial charge in [0.05, 0.1) is 5.69 Å². The Balaban J connectivity index is 1.98. The average Bonchev–Trinajstić information content (AvgIpc) is 2.42. The molecule has 3 N–H and O–H groups in total. The molecule has 2 aromatic carbocycles. The zero-order valence-electron chi connectivity index (χ0n) is 11.6. The number of hydrogen-bond donors (Lipinski definition) is 2. The minimum Gasteiger partial charge on any atom is -0.396 e. The predicted molar refractivity (Wildman–Crippen MR) is 81.7 cm³/mol. The van der Waals surface area contributed by atoms with Crippen molar-refractivity contribution in [2.45, 2.75) is 25.7 Å². The van der Waals surface area contributed by atoms with Crippen LogP contribution in [0.5, 0.6) is 0 Å². The van der Waals surface area contributed by atoms with Gasteiger partial charge in [-0.3, -0.25) is 0 Å². The van der Waals surface area contributed by atoms with Gasteiger partial charge in [0.15, 0.2) is 0 Å². The molecule has 104 valence electrons. The number of rotatable bonds is 5. The SMILES string of the molecule is CC(CC(=N)Cc1ccccc1)c1ccc(N)c(F)c1. The molecule has 0 radical (unpaired) electrons. The van der Waals surface area contributed by atoms with Crippen LogP contribution in [0.2, 0.25) is 0 Å². The number of anilines is 1. The molecule has 0 saturated carbocycles. The summed E-state index contributed by atoms with van der Waals surface area (Å²) in [5.74, 6) is -0.273. The fourth-order valence-electron chi connectivity index (χ4n) is 2.25. The molecule has 0 bridgehead atoms. The zero-order valence-corrected chi connectivity index (χ0v) is 11.6.